The fourth-order valence-electron chi connectivity index (χ4n) is 3.20. The summed E-state index contributed by atoms with van der Waals surface area (Å²) in [6.07, 6.45) is 0. The van der Waals surface area contributed by atoms with Gasteiger partial charge < -0.3 is 4.90 Å². The summed E-state index contributed by atoms with van der Waals surface area (Å²) in [5.74, 6) is 0.699. The van der Waals surface area contributed by atoms with Crippen LogP contribution in [0, 0.1) is 11.3 Å². The molecule has 2 aromatic rings. The van der Waals surface area contributed by atoms with Gasteiger partial charge in [0, 0.05) is 18.2 Å². The van der Waals surface area contributed by atoms with Crippen LogP contribution in [0.4, 0.5) is 5.69 Å². The summed E-state index contributed by atoms with van der Waals surface area (Å²) in [6, 6.07) is 22.2. The van der Waals surface area contributed by atoms with Crippen molar-refractivity contribution in [1.82, 2.24) is 0 Å². The normalized spacial score (nSPS) is 22.4. The molecule has 3 rings (SSSR count). The quantitative estimate of drug-likeness (QED) is 0.745. The second-order valence-electron chi connectivity index (χ2n) is 6.82. The zero-order valence-corrected chi connectivity index (χ0v) is 12.6. The van der Waals surface area contributed by atoms with Crippen molar-refractivity contribution in [3.63, 3.8) is 0 Å². The van der Waals surface area contributed by atoms with Crippen LogP contribution in [0.1, 0.15) is 32.4 Å². The Morgan fingerprint density at radius 1 is 0.850 bits per heavy atom. The molecule has 0 saturated carbocycles. The molecule has 20 heavy (non-hydrogen) atoms. The fourth-order valence-corrected chi connectivity index (χ4v) is 3.20. The van der Waals surface area contributed by atoms with E-state index in [0.717, 1.165) is 6.54 Å². The summed E-state index contributed by atoms with van der Waals surface area (Å²) in [6.45, 7) is 8.22. The number of anilines is 1. The average molecular weight is 265 g/mol. The monoisotopic (exact) mass is 265 g/mol. The molecule has 0 radical (unpaired) electrons. The minimum absolute atomic E-state index is 0.339. The molecule has 1 aliphatic heterocycles. The van der Waals surface area contributed by atoms with Crippen molar-refractivity contribution in [2.45, 2.75) is 26.8 Å². The summed E-state index contributed by atoms with van der Waals surface area (Å²) in [7, 11) is 0. The molecule has 1 saturated heterocycles. The Labute approximate surface area is 122 Å². The molecular weight excluding hydrogens is 242 g/mol. The fraction of sp³-hybridized carbons (Fsp3) is 0.368. The van der Waals surface area contributed by atoms with Crippen LogP contribution < -0.4 is 4.90 Å². The van der Waals surface area contributed by atoms with E-state index in [-0.39, 0.29) is 0 Å². The molecule has 1 heterocycles. The number of nitrogens with zero attached hydrogens (tertiary/aromatic N) is 1. The van der Waals surface area contributed by atoms with Crippen LogP contribution in [0.3, 0.4) is 0 Å². The summed E-state index contributed by atoms with van der Waals surface area (Å²) in [5.41, 5.74) is 3.11. The molecular formula is C19H23N. The molecule has 0 aliphatic carbocycles. The van der Waals surface area contributed by atoms with Crippen LogP contribution in [0.2, 0.25) is 0 Å². The Morgan fingerprint density at radius 3 is 1.95 bits per heavy atom. The Bertz CT molecular complexity index is 553. The van der Waals surface area contributed by atoms with Crippen molar-refractivity contribution in [2.24, 2.45) is 11.3 Å². The average Bonchev–Trinajstić information content (AvgIpc) is 2.38. The van der Waals surface area contributed by atoms with Crippen molar-refractivity contribution >= 4 is 5.69 Å². The number of rotatable bonds is 2. The highest BCUT2D eigenvalue weighted by Crippen LogP contribution is 2.49. The maximum Gasteiger partial charge on any atom is 0.0592 e. The van der Waals surface area contributed by atoms with Crippen molar-refractivity contribution in [1.29, 1.82) is 0 Å². The van der Waals surface area contributed by atoms with Gasteiger partial charge in [0.2, 0.25) is 0 Å². The van der Waals surface area contributed by atoms with E-state index in [1.807, 2.05) is 0 Å². The van der Waals surface area contributed by atoms with Gasteiger partial charge in [-0.1, -0.05) is 69.3 Å². The van der Waals surface area contributed by atoms with Gasteiger partial charge in [-0.25, -0.2) is 0 Å². The van der Waals surface area contributed by atoms with Gasteiger partial charge in [0.05, 0.1) is 6.04 Å². The van der Waals surface area contributed by atoms with Gasteiger partial charge in [0.25, 0.3) is 0 Å². The molecule has 1 heteroatoms. The highest BCUT2D eigenvalue weighted by molar-refractivity contribution is 5.52. The predicted molar refractivity (Wildman–Crippen MR) is 85.9 cm³/mol. The van der Waals surface area contributed by atoms with Crippen molar-refractivity contribution < 1.29 is 0 Å². The largest absolute Gasteiger partial charge is 0.364 e. The molecule has 104 valence electrons. The van der Waals surface area contributed by atoms with E-state index in [1.165, 1.54) is 11.3 Å². The zero-order valence-electron chi connectivity index (χ0n) is 12.6. The molecule has 0 N–H and O–H groups in total. The third-order valence-electron chi connectivity index (χ3n) is 4.45. The van der Waals surface area contributed by atoms with Crippen molar-refractivity contribution in [2.75, 3.05) is 11.4 Å². The minimum atomic E-state index is 0.339. The van der Waals surface area contributed by atoms with Crippen LogP contribution in [0.15, 0.2) is 60.7 Å². The molecule has 0 spiro atoms. The highest BCUT2D eigenvalue weighted by atomic mass is 15.2. The SMILES string of the molecule is CC(C)(C)[C@H]1CN(c2ccccc2)[C@@H]1c1ccccc1. The van der Waals surface area contributed by atoms with Gasteiger partial charge in [0.1, 0.15) is 0 Å². The third-order valence-corrected chi connectivity index (χ3v) is 4.45. The maximum atomic E-state index is 2.53. The third kappa shape index (κ3) is 2.33. The number of hydrogen-bond donors (Lipinski definition) is 0. The summed E-state index contributed by atoms with van der Waals surface area (Å²) < 4.78 is 0. The maximum absolute atomic E-state index is 2.53. The molecule has 1 fully saturated rings. The van der Waals surface area contributed by atoms with E-state index in [9.17, 15) is 0 Å². The van der Waals surface area contributed by atoms with Crippen LogP contribution in [0.25, 0.3) is 0 Å². The lowest BCUT2D eigenvalue weighted by molar-refractivity contribution is 0.135. The molecule has 1 aliphatic rings. The van der Waals surface area contributed by atoms with E-state index in [2.05, 4.69) is 86.3 Å². The first-order chi connectivity index (χ1) is 9.57. The second-order valence-corrected chi connectivity index (χ2v) is 6.82. The Balaban J connectivity index is 1.94. The highest BCUT2D eigenvalue weighted by Gasteiger charge is 2.45. The topological polar surface area (TPSA) is 3.24 Å². The van der Waals surface area contributed by atoms with Crippen molar-refractivity contribution in [3.8, 4) is 0 Å². The standard InChI is InChI=1S/C19H23N/c1-19(2,3)17-14-20(16-12-8-5-9-13-16)18(17)15-10-6-4-7-11-15/h4-13,17-18H,14H2,1-3H3/t17-,18+/m0/s1. The lowest BCUT2D eigenvalue weighted by Crippen LogP contribution is -2.54. The van der Waals surface area contributed by atoms with E-state index >= 15 is 0 Å². The van der Waals surface area contributed by atoms with Crippen LogP contribution >= 0.6 is 0 Å². The minimum Gasteiger partial charge on any atom is -0.364 e. The second kappa shape index (κ2) is 4.97. The lowest BCUT2D eigenvalue weighted by atomic mass is 9.68. The molecule has 2 atom stereocenters. The van der Waals surface area contributed by atoms with E-state index in [4.69, 9.17) is 0 Å². The zero-order chi connectivity index (χ0) is 14.2. The van der Waals surface area contributed by atoms with Crippen LogP contribution in [-0.4, -0.2) is 6.54 Å². The van der Waals surface area contributed by atoms with Crippen LogP contribution in [-0.2, 0) is 0 Å². The predicted octanol–water partition coefficient (Wildman–Crippen LogP) is 4.91. The Morgan fingerprint density at radius 2 is 1.40 bits per heavy atom. The van der Waals surface area contributed by atoms with Gasteiger partial charge in [0.15, 0.2) is 0 Å². The summed E-state index contributed by atoms with van der Waals surface area (Å²) in [5, 5.41) is 0. The van der Waals surface area contributed by atoms with Gasteiger partial charge in [-0.2, -0.15) is 0 Å². The van der Waals surface area contributed by atoms with Gasteiger partial charge in [-0.15, -0.1) is 0 Å². The lowest BCUT2D eigenvalue weighted by Gasteiger charge is -2.55. The first-order valence-electron chi connectivity index (χ1n) is 7.44. The number of benzene rings is 2. The molecule has 0 bridgehead atoms. The number of para-hydroxylation sites is 1. The molecule has 0 unspecified atom stereocenters. The van der Waals surface area contributed by atoms with E-state index in [1.54, 1.807) is 0 Å². The van der Waals surface area contributed by atoms with E-state index in [0.29, 0.717) is 17.4 Å². The number of hydrogen-bond acceptors (Lipinski definition) is 1. The smallest absolute Gasteiger partial charge is 0.0592 e. The first kappa shape index (κ1) is 13.2. The van der Waals surface area contributed by atoms with Crippen LogP contribution in [0.5, 0.6) is 0 Å². The Kier molecular flexibility index (Phi) is 3.29. The van der Waals surface area contributed by atoms with Crippen molar-refractivity contribution in [3.05, 3.63) is 66.2 Å². The first-order valence-corrected chi connectivity index (χ1v) is 7.44. The summed E-state index contributed by atoms with van der Waals surface area (Å²) in [4.78, 5) is 2.53. The molecule has 0 amide bonds. The Hall–Kier alpha value is -1.76. The molecule has 2 aromatic carbocycles. The molecule has 1 nitrogen and oxygen atoms in total. The van der Waals surface area contributed by atoms with Gasteiger partial charge in [-0.05, 0) is 23.1 Å². The molecule has 0 aromatic heterocycles. The van der Waals surface area contributed by atoms with E-state index < -0.39 is 0 Å². The van der Waals surface area contributed by atoms with Gasteiger partial charge >= 0.3 is 0 Å². The van der Waals surface area contributed by atoms with Gasteiger partial charge in [-0.3, -0.25) is 0 Å². The summed E-state index contributed by atoms with van der Waals surface area (Å²) >= 11 is 0.